The van der Waals surface area contributed by atoms with Crippen LogP contribution in [0.1, 0.15) is 13.8 Å². The van der Waals surface area contributed by atoms with E-state index in [0.29, 0.717) is 0 Å². The van der Waals surface area contributed by atoms with E-state index in [1.54, 1.807) is 6.08 Å². The molecule has 0 N–H and O–H groups in total. The van der Waals surface area contributed by atoms with Crippen LogP contribution in [-0.2, 0) is 4.74 Å². The summed E-state index contributed by atoms with van der Waals surface area (Å²) in [5.74, 6) is 0. The summed E-state index contributed by atoms with van der Waals surface area (Å²) < 4.78 is 5.21. The van der Waals surface area contributed by atoms with Gasteiger partial charge in [0.1, 0.15) is 0 Å². The van der Waals surface area contributed by atoms with Crippen molar-refractivity contribution >= 4 is 0 Å². The molecule has 0 heterocycles. The van der Waals surface area contributed by atoms with E-state index in [-0.39, 0.29) is 6.10 Å². The highest BCUT2D eigenvalue weighted by Crippen LogP contribution is 1.91. The number of allylic oxidation sites excluding steroid dienone is 2. The van der Waals surface area contributed by atoms with Crippen LogP contribution < -0.4 is 0 Å². The average Bonchev–Trinajstić information content (AvgIpc) is 1.85. The summed E-state index contributed by atoms with van der Waals surface area (Å²) in [5.41, 5.74) is 0. The fraction of sp³-hybridized carbons (Fsp3) is 0.500. The highest BCUT2D eigenvalue weighted by Gasteiger charge is 1.89. The van der Waals surface area contributed by atoms with E-state index in [2.05, 4.69) is 6.58 Å². The first-order chi connectivity index (χ1) is 4.31. The molecule has 0 bridgehead atoms. The summed E-state index contributed by atoms with van der Waals surface area (Å²) in [6.45, 7) is 8.30. The summed E-state index contributed by atoms with van der Waals surface area (Å²) in [7, 11) is 0. The Morgan fingerprint density at radius 3 is 2.78 bits per heavy atom. The van der Waals surface area contributed by atoms with Gasteiger partial charge in [0.25, 0.3) is 0 Å². The van der Waals surface area contributed by atoms with Crippen LogP contribution in [0.4, 0.5) is 0 Å². The molecule has 0 aliphatic heterocycles. The first-order valence-corrected chi connectivity index (χ1v) is 3.22. The Labute approximate surface area is 57.0 Å². The molecule has 52 valence electrons. The minimum Gasteiger partial charge on any atom is -0.375 e. The van der Waals surface area contributed by atoms with Crippen LogP contribution in [0.15, 0.2) is 24.8 Å². The predicted octanol–water partition coefficient (Wildman–Crippen LogP) is 2.15. The zero-order valence-corrected chi connectivity index (χ0v) is 6.13. The molecule has 0 rings (SSSR count). The molecule has 0 aliphatic carbocycles. The fourth-order valence-electron chi connectivity index (χ4n) is 0.553. The van der Waals surface area contributed by atoms with Gasteiger partial charge in [-0.25, -0.2) is 0 Å². The van der Waals surface area contributed by atoms with Crippen molar-refractivity contribution < 1.29 is 4.74 Å². The molecule has 0 spiro atoms. The Bertz CT molecular complexity index is 94.7. The normalized spacial score (nSPS) is 14.0. The van der Waals surface area contributed by atoms with Crippen molar-refractivity contribution in [3.63, 3.8) is 0 Å². The minimum atomic E-state index is 0.216. The largest absolute Gasteiger partial charge is 0.375 e. The van der Waals surface area contributed by atoms with Crippen LogP contribution in [0.25, 0.3) is 0 Å². The zero-order chi connectivity index (χ0) is 7.11. The van der Waals surface area contributed by atoms with Gasteiger partial charge in [-0.15, -0.1) is 0 Å². The van der Waals surface area contributed by atoms with Gasteiger partial charge in [-0.3, -0.25) is 0 Å². The van der Waals surface area contributed by atoms with Gasteiger partial charge in [0.2, 0.25) is 0 Å². The Morgan fingerprint density at radius 1 is 1.67 bits per heavy atom. The van der Waals surface area contributed by atoms with Crippen LogP contribution >= 0.6 is 0 Å². The highest BCUT2D eigenvalue weighted by atomic mass is 16.5. The van der Waals surface area contributed by atoms with Gasteiger partial charge < -0.3 is 4.74 Å². The Kier molecular flexibility index (Phi) is 5.23. The Morgan fingerprint density at radius 2 is 2.33 bits per heavy atom. The molecule has 0 saturated carbocycles. The van der Waals surface area contributed by atoms with E-state index in [4.69, 9.17) is 4.74 Å². The smallest absolute Gasteiger partial charge is 0.0730 e. The second-order valence-corrected chi connectivity index (χ2v) is 1.78. The van der Waals surface area contributed by atoms with Gasteiger partial charge >= 0.3 is 0 Å². The molecule has 1 atom stereocenters. The summed E-state index contributed by atoms with van der Waals surface area (Å²) >= 11 is 0. The molecule has 0 saturated heterocycles. The SMILES string of the molecule is C=CC=CC(C)OCC. The maximum absolute atomic E-state index is 5.21. The van der Waals surface area contributed by atoms with Crippen molar-refractivity contribution in [2.45, 2.75) is 20.0 Å². The van der Waals surface area contributed by atoms with E-state index < -0.39 is 0 Å². The van der Waals surface area contributed by atoms with Crippen LogP contribution in [-0.4, -0.2) is 12.7 Å². The molecule has 0 aromatic carbocycles. The second-order valence-electron chi connectivity index (χ2n) is 1.78. The number of ether oxygens (including phenoxy) is 1. The van der Waals surface area contributed by atoms with Crippen molar-refractivity contribution in [2.24, 2.45) is 0 Å². The van der Waals surface area contributed by atoms with Crippen molar-refractivity contribution in [3.05, 3.63) is 24.8 Å². The third kappa shape index (κ3) is 5.31. The van der Waals surface area contributed by atoms with Gasteiger partial charge in [0, 0.05) is 6.61 Å². The summed E-state index contributed by atoms with van der Waals surface area (Å²) in [6.07, 6.45) is 5.82. The minimum absolute atomic E-state index is 0.216. The van der Waals surface area contributed by atoms with Gasteiger partial charge in [0.05, 0.1) is 6.10 Å². The molecule has 1 unspecified atom stereocenters. The average molecular weight is 126 g/mol. The summed E-state index contributed by atoms with van der Waals surface area (Å²) in [5, 5.41) is 0. The molecule has 0 aliphatic rings. The second kappa shape index (κ2) is 5.57. The molecule has 0 amide bonds. The van der Waals surface area contributed by atoms with Gasteiger partial charge in [-0.1, -0.05) is 24.8 Å². The third-order valence-corrected chi connectivity index (χ3v) is 0.948. The lowest BCUT2D eigenvalue weighted by Crippen LogP contribution is -2.02. The van der Waals surface area contributed by atoms with Gasteiger partial charge in [-0.05, 0) is 13.8 Å². The van der Waals surface area contributed by atoms with Crippen LogP contribution in [0.2, 0.25) is 0 Å². The van der Waals surface area contributed by atoms with E-state index in [9.17, 15) is 0 Å². The number of rotatable bonds is 4. The lowest BCUT2D eigenvalue weighted by atomic mass is 10.3. The molecule has 0 aromatic rings. The van der Waals surface area contributed by atoms with Crippen molar-refractivity contribution in [2.75, 3.05) is 6.61 Å². The molecule has 0 fully saturated rings. The van der Waals surface area contributed by atoms with E-state index in [1.807, 2.05) is 26.0 Å². The molecular formula is C8H14O. The van der Waals surface area contributed by atoms with Crippen LogP contribution in [0, 0.1) is 0 Å². The van der Waals surface area contributed by atoms with Crippen LogP contribution in [0.3, 0.4) is 0 Å². The van der Waals surface area contributed by atoms with Crippen molar-refractivity contribution in [1.29, 1.82) is 0 Å². The summed E-state index contributed by atoms with van der Waals surface area (Å²) in [4.78, 5) is 0. The Balaban J connectivity index is 3.35. The van der Waals surface area contributed by atoms with Crippen molar-refractivity contribution in [1.82, 2.24) is 0 Å². The maximum atomic E-state index is 5.21. The topological polar surface area (TPSA) is 9.23 Å². The molecule has 1 nitrogen and oxygen atoms in total. The van der Waals surface area contributed by atoms with Crippen LogP contribution in [0.5, 0.6) is 0 Å². The first-order valence-electron chi connectivity index (χ1n) is 3.22. The molecule has 9 heavy (non-hydrogen) atoms. The first kappa shape index (κ1) is 8.44. The fourth-order valence-corrected chi connectivity index (χ4v) is 0.553. The standard InChI is InChI=1S/C8H14O/c1-4-6-7-8(3)9-5-2/h4,6-8H,1,5H2,2-3H3. The maximum Gasteiger partial charge on any atom is 0.0730 e. The quantitative estimate of drug-likeness (QED) is 0.524. The van der Waals surface area contributed by atoms with Crippen molar-refractivity contribution in [3.8, 4) is 0 Å². The summed E-state index contributed by atoms with van der Waals surface area (Å²) in [6, 6.07) is 0. The number of hydrogen-bond donors (Lipinski definition) is 0. The third-order valence-electron chi connectivity index (χ3n) is 0.948. The monoisotopic (exact) mass is 126 g/mol. The highest BCUT2D eigenvalue weighted by molar-refractivity contribution is 4.99. The molecule has 0 aromatic heterocycles. The predicted molar refractivity (Wildman–Crippen MR) is 40.4 cm³/mol. The Hall–Kier alpha value is -0.560. The molecule has 0 radical (unpaired) electrons. The lowest BCUT2D eigenvalue weighted by Gasteiger charge is -2.03. The lowest BCUT2D eigenvalue weighted by molar-refractivity contribution is 0.109. The van der Waals surface area contributed by atoms with E-state index in [0.717, 1.165) is 6.61 Å². The molecular weight excluding hydrogens is 112 g/mol. The van der Waals surface area contributed by atoms with Gasteiger partial charge in [-0.2, -0.15) is 0 Å². The molecule has 1 heteroatoms. The van der Waals surface area contributed by atoms with Gasteiger partial charge in [0.15, 0.2) is 0 Å². The van der Waals surface area contributed by atoms with E-state index in [1.165, 1.54) is 0 Å². The zero-order valence-electron chi connectivity index (χ0n) is 6.13. The number of hydrogen-bond acceptors (Lipinski definition) is 1. The van der Waals surface area contributed by atoms with E-state index >= 15 is 0 Å².